The van der Waals surface area contributed by atoms with Crippen molar-refractivity contribution >= 4 is 29.0 Å². The van der Waals surface area contributed by atoms with Crippen LogP contribution in [0.4, 0.5) is 17.3 Å². The maximum Gasteiger partial charge on any atom is 0.314 e. The molecule has 0 fully saturated rings. The maximum absolute atomic E-state index is 11.8. The first-order valence-corrected chi connectivity index (χ1v) is 7.32. The van der Waals surface area contributed by atoms with Crippen LogP contribution in [0.3, 0.4) is 0 Å². The molecule has 2 unspecified atom stereocenters. The molecule has 11 nitrogen and oxygen atoms in total. The number of rotatable bonds is 4. The molecule has 0 amide bonds. The fourth-order valence-electron chi connectivity index (χ4n) is 2.88. The minimum Gasteiger partial charge on any atom is -0.481 e. The van der Waals surface area contributed by atoms with Gasteiger partial charge in [-0.3, -0.25) is 14.9 Å². The van der Waals surface area contributed by atoms with E-state index in [2.05, 4.69) is 20.5 Å². The van der Waals surface area contributed by atoms with Crippen molar-refractivity contribution in [3.8, 4) is 0 Å². The molecule has 1 aliphatic heterocycles. The number of hydrogen-bond donors (Lipinski definition) is 1. The van der Waals surface area contributed by atoms with Gasteiger partial charge < -0.3 is 10.0 Å². The van der Waals surface area contributed by atoms with Gasteiger partial charge >= 0.3 is 5.97 Å². The SMILES string of the molecule is CC1=Nc2nnnn2C(c2ccc(N(C)C)cc2[N+](=O)[O-])C1C(=O)O. The zero-order valence-electron chi connectivity index (χ0n) is 13.7. The molecule has 11 heteroatoms. The van der Waals surface area contributed by atoms with Gasteiger partial charge in [0.15, 0.2) is 0 Å². The summed E-state index contributed by atoms with van der Waals surface area (Å²) in [5, 5.41) is 32.3. The van der Waals surface area contributed by atoms with Gasteiger partial charge in [-0.2, -0.15) is 0 Å². The van der Waals surface area contributed by atoms with Gasteiger partial charge in [0.2, 0.25) is 0 Å². The molecule has 1 aromatic carbocycles. The number of aromatic nitrogens is 4. The number of carbonyl (C=O) groups is 1. The van der Waals surface area contributed by atoms with Crippen molar-refractivity contribution in [1.29, 1.82) is 0 Å². The van der Waals surface area contributed by atoms with Crippen LogP contribution in [0.15, 0.2) is 23.2 Å². The first-order valence-electron chi connectivity index (χ1n) is 7.32. The van der Waals surface area contributed by atoms with E-state index in [1.54, 1.807) is 32.0 Å². The normalized spacial score (nSPS) is 19.1. The van der Waals surface area contributed by atoms with Gasteiger partial charge in [0.25, 0.3) is 11.6 Å². The monoisotopic (exact) mass is 345 g/mol. The molecular weight excluding hydrogens is 330 g/mol. The Hall–Kier alpha value is -3.37. The van der Waals surface area contributed by atoms with Crippen molar-refractivity contribution in [1.82, 2.24) is 20.2 Å². The van der Waals surface area contributed by atoms with Crippen molar-refractivity contribution in [3.63, 3.8) is 0 Å². The molecule has 1 aliphatic rings. The van der Waals surface area contributed by atoms with Crippen molar-refractivity contribution in [2.75, 3.05) is 19.0 Å². The van der Waals surface area contributed by atoms with E-state index < -0.39 is 22.9 Å². The zero-order chi connectivity index (χ0) is 18.3. The highest BCUT2D eigenvalue weighted by Gasteiger charge is 2.42. The zero-order valence-corrected chi connectivity index (χ0v) is 13.7. The highest BCUT2D eigenvalue weighted by Crippen LogP contribution is 2.39. The first kappa shape index (κ1) is 16.5. The van der Waals surface area contributed by atoms with Crippen LogP contribution in [0.25, 0.3) is 0 Å². The predicted octanol–water partition coefficient (Wildman–Crippen LogP) is 1.04. The number of carboxylic acids is 1. The van der Waals surface area contributed by atoms with Crippen LogP contribution in [0.1, 0.15) is 18.5 Å². The number of nitro groups is 1. The van der Waals surface area contributed by atoms with E-state index in [4.69, 9.17) is 0 Å². The van der Waals surface area contributed by atoms with Crippen LogP contribution in [0.5, 0.6) is 0 Å². The van der Waals surface area contributed by atoms with Crippen molar-refractivity contribution < 1.29 is 14.8 Å². The molecule has 0 aliphatic carbocycles. The van der Waals surface area contributed by atoms with Gasteiger partial charge in [-0.1, -0.05) is 5.10 Å². The number of carboxylic acid groups (broad SMARTS) is 1. The molecule has 1 aromatic heterocycles. The third kappa shape index (κ3) is 2.69. The van der Waals surface area contributed by atoms with Crippen LogP contribution >= 0.6 is 0 Å². The number of benzene rings is 1. The summed E-state index contributed by atoms with van der Waals surface area (Å²) < 4.78 is 1.21. The Labute approximate surface area is 141 Å². The van der Waals surface area contributed by atoms with E-state index in [1.807, 2.05) is 0 Å². The average molecular weight is 345 g/mol. The number of hydrogen-bond acceptors (Lipinski definition) is 8. The molecule has 130 valence electrons. The topological polar surface area (TPSA) is 140 Å². The molecule has 3 rings (SSSR count). The number of anilines is 1. The van der Waals surface area contributed by atoms with Gasteiger partial charge in [0, 0.05) is 31.6 Å². The highest BCUT2D eigenvalue weighted by atomic mass is 16.6. The number of nitro benzene ring substituents is 1. The van der Waals surface area contributed by atoms with Crippen molar-refractivity contribution in [2.45, 2.75) is 13.0 Å². The number of nitrogens with zero attached hydrogens (tertiary/aromatic N) is 7. The first-order chi connectivity index (χ1) is 11.8. The lowest BCUT2D eigenvalue weighted by atomic mass is 9.87. The number of tetrazole rings is 1. The quantitative estimate of drug-likeness (QED) is 0.640. The van der Waals surface area contributed by atoms with Gasteiger partial charge in [0.05, 0.1) is 10.5 Å². The third-order valence-corrected chi connectivity index (χ3v) is 4.09. The molecule has 2 atom stereocenters. The molecule has 1 N–H and O–H groups in total. The fraction of sp³-hybridized carbons (Fsp3) is 0.357. The van der Waals surface area contributed by atoms with Crippen LogP contribution in [-0.4, -0.2) is 56.0 Å². The summed E-state index contributed by atoms with van der Waals surface area (Å²) in [7, 11) is 3.52. The summed E-state index contributed by atoms with van der Waals surface area (Å²) >= 11 is 0. The molecule has 0 saturated heterocycles. The lowest BCUT2D eigenvalue weighted by molar-refractivity contribution is -0.385. The van der Waals surface area contributed by atoms with Gasteiger partial charge in [-0.25, -0.2) is 9.67 Å². The molecule has 2 heterocycles. The Morgan fingerprint density at radius 3 is 2.72 bits per heavy atom. The van der Waals surface area contributed by atoms with Crippen LogP contribution in [0, 0.1) is 16.0 Å². The average Bonchev–Trinajstić information content (AvgIpc) is 3.00. The van der Waals surface area contributed by atoms with Gasteiger partial charge in [-0.15, -0.1) is 0 Å². The van der Waals surface area contributed by atoms with E-state index in [1.165, 1.54) is 16.8 Å². The predicted molar refractivity (Wildman–Crippen MR) is 87.3 cm³/mol. The minimum absolute atomic E-state index is 0.117. The van der Waals surface area contributed by atoms with Gasteiger partial charge in [-0.05, 0) is 29.5 Å². The highest BCUT2D eigenvalue weighted by molar-refractivity contribution is 6.02. The molecule has 2 aromatic rings. The van der Waals surface area contributed by atoms with E-state index in [0.717, 1.165) is 0 Å². The van der Waals surface area contributed by atoms with E-state index >= 15 is 0 Å². The van der Waals surface area contributed by atoms with E-state index in [-0.39, 0.29) is 22.9 Å². The van der Waals surface area contributed by atoms with Crippen LogP contribution in [-0.2, 0) is 4.79 Å². The molecule has 0 radical (unpaired) electrons. The molecule has 0 spiro atoms. The summed E-state index contributed by atoms with van der Waals surface area (Å²) in [6.45, 7) is 1.55. The minimum atomic E-state index is -1.15. The standard InChI is InChI=1S/C14H15N7O4/c1-7-11(13(22)23)12(20-14(15-7)16-17-18-20)9-5-4-8(19(2)3)6-10(9)21(24)25/h4-6,11-12H,1-3H3,(H,22,23). The third-order valence-electron chi connectivity index (χ3n) is 4.09. The van der Waals surface area contributed by atoms with Crippen LogP contribution in [0.2, 0.25) is 0 Å². The Bertz CT molecular complexity index is 889. The second-order valence-electron chi connectivity index (χ2n) is 5.83. The summed E-state index contributed by atoms with van der Waals surface area (Å²) in [6, 6.07) is 3.67. The second kappa shape index (κ2) is 5.92. The smallest absolute Gasteiger partial charge is 0.314 e. The number of aliphatic imine (C=N–C) groups is 1. The Morgan fingerprint density at radius 2 is 2.12 bits per heavy atom. The lowest BCUT2D eigenvalue weighted by Crippen LogP contribution is -2.36. The number of fused-ring (bicyclic) bond motifs is 1. The van der Waals surface area contributed by atoms with Crippen LogP contribution < -0.4 is 4.90 Å². The van der Waals surface area contributed by atoms with Crippen molar-refractivity contribution in [3.05, 3.63) is 33.9 Å². The molecule has 25 heavy (non-hydrogen) atoms. The number of aliphatic carboxylic acids is 1. The Kier molecular flexibility index (Phi) is 3.91. The lowest BCUT2D eigenvalue weighted by Gasteiger charge is -2.27. The Morgan fingerprint density at radius 1 is 1.40 bits per heavy atom. The Balaban J connectivity index is 2.24. The summed E-state index contributed by atoms with van der Waals surface area (Å²) in [5.41, 5.74) is 0.927. The fourth-order valence-corrected chi connectivity index (χ4v) is 2.88. The van der Waals surface area contributed by atoms with Crippen molar-refractivity contribution in [2.24, 2.45) is 10.9 Å². The molecular formula is C14H15N7O4. The maximum atomic E-state index is 11.8. The van der Waals surface area contributed by atoms with E-state index in [9.17, 15) is 20.0 Å². The molecule has 0 bridgehead atoms. The largest absolute Gasteiger partial charge is 0.481 e. The summed E-state index contributed by atoms with van der Waals surface area (Å²) in [4.78, 5) is 28.7. The second-order valence-corrected chi connectivity index (χ2v) is 5.83. The summed E-state index contributed by atoms with van der Waals surface area (Å²) in [6.07, 6.45) is 0. The molecule has 0 saturated carbocycles. The van der Waals surface area contributed by atoms with E-state index in [0.29, 0.717) is 5.69 Å². The summed E-state index contributed by atoms with van der Waals surface area (Å²) in [5.74, 6) is -2.15. The van der Waals surface area contributed by atoms with Gasteiger partial charge in [0.1, 0.15) is 12.0 Å².